The van der Waals surface area contributed by atoms with Gasteiger partial charge >= 0.3 is 0 Å². The minimum Gasteiger partial charge on any atom is -0.369 e. The largest absolute Gasteiger partial charge is 0.369 e. The fraction of sp³-hybridized carbons (Fsp3) is 0.308. The van der Waals surface area contributed by atoms with Gasteiger partial charge in [0.25, 0.3) is 11.8 Å². The van der Waals surface area contributed by atoms with E-state index >= 15 is 4.39 Å². The van der Waals surface area contributed by atoms with E-state index in [1.165, 1.54) is 6.07 Å². The van der Waals surface area contributed by atoms with Crippen molar-refractivity contribution >= 4 is 41.1 Å². The number of benzene rings is 1. The summed E-state index contributed by atoms with van der Waals surface area (Å²) in [5.41, 5.74) is 0.944. The number of hydrogen-bond acceptors (Lipinski definition) is 10. The molecule has 1 atom stereocenters. The van der Waals surface area contributed by atoms with E-state index in [1.807, 2.05) is 4.90 Å². The molecule has 2 N–H and O–H groups in total. The number of rotatable bonds is 5. The Bertz CT molecular complexity index is 1490. The van der Waals surface area contributed by atoms with E-state index in [-0.39, 0.29) is 35.6 Å². The van der Waals surface area contributed by atoms with Crippen LogP contribution in [0, 0.1) is 5.82 Å². The van der Waals surface area contributed by atoms with Gasteiger partial charge in [-0.2, -0.15) is 0 Å². The molecule has 2 saturated heterocycles. The van der Waals surface area contributed by atoms with Crippen molar-refractivity contribution < 1.29 is 23.6 Å². The van der Waals surface area contributed by atoms with Crippen LogP contribution in [0.4, 0.5) is 21.8 Å². The number of carbonyl (C=O) groups is 4. The molecule has 2 aromatic heterocycles. The fourth-order valence-corrected chi connectivity index (χ4v) is 5.33. The number of nitrogens with one attached hydrogen (secondary N) is 2. The lowest BCUT2D eigenvalue weighted by Gasteiger charge is -2.34. The number of piperidine rings is 2. The maximum Gasteiger partial charge on any atom is 0.262 e. The molecule has 198 valence electrons. The Balaban J connectivity index is 1.19. The third-order valence-corrected chi connectivity index (χ3v) is 7.25. The normalized spacial score (nSPS) is 19.8. The maximum atomic E-state index is 15.3. The molecule has 5 heterocycles. The molecule has 0 saturated carbocycles. The third-order valence-electron chi connectivity index (χ3n) is 7.25. The molecule has 13 heteroatoms. The highest BCUT2D eigenvalue weighted by atomic mass is 19.1. The van der Waals surface area contributed by atoms with E-state index in [0.717, 1.165) is 16.7 Å². The van der Waals surface area contributed by atoms with Crippen molar-refractivity contribution in [3.63, 3.8) is 0 Å². The lowest BCUT2D eigenvalue weighted by Crippen LogP contribution is -2.54. The van der Waals surface area contributed by atoms with Crippen molar-refractivity contribution in [2.75, 3.05) is 23.3 Å². The van der Waals surface area contributed by atoms with E-state index in [2.05, 4.69) is 30.6 Å². The number of aromatic nitrogens is 4. The number of nitrogens with zero attached hydrogens (tertiary/aromatic N) is 6. The van der Waals surface area contributed by atoms with Gasteiger partial charge in [0.1, 0.15) is 11.9 Å². The highest BCUT2D eigenvalue weighted by molar-refractivity contribution is 6.23. The van der Waals surface area contributed by atoms with Crippen LogP contribution < -0.4 is 15.5 Å². The van der Waals surface area contributed by atoms with Crippen LogP contribution in [-0.4, -0.2) is 67.6 Å². The summed E-state index contributed by atoms with van der Waals surface area (Å²) in [4.78, 5) is 69.9. The number of carbonyl (C=O) groups excluding carboxylic acids is 4. The van der Waals surface area contributed by atoms with Gasteiger partial charge in [-0.15, -0.1) is 0 Å². The van der Waals surface area contributed by atoms with Gasteiger partial charge in [-0.1, -0.05) is 0 Å². The summed E-state index contributed by atoms with van der Waals surface area (Å²) < 4.78 is 15.3. The molecule has 3 aliphatic heterocycles. The van der Waals surface area contributed by atoms with Gasteiger partial charge in [0.05, 0.1) is 22.5 Å². The first kappa shape index (κ1) is 24.5. The number of amides is 4. The Morgan fingerprint density at radius 1 is 0.872 bits per heavy atom. The van der Waals surface area contributed by atoms with Gasteiger partial charge in [-0.3, -0.25) is 34.4 Å². The zero-order chi connectivity index (χ0) is 27.1. The molecule has 39 heavy (non-hydrogen) atoms. The molecule has 2 fully saturated rings. The first-order chi connectivity index (χ1) is 18.9. The maximum absolute atomic E-state index is 15.3. The predicted octanol–water partition coefficient (Wildman–Crippen LogP) is 1.93. The second kappa shape index (κ2) is 9.82. The zero-order valence-electron chi connectivity index (χ0n) is 20.6. The van der Waals surface area contributed by atoms with Crippen molar-refractivity contribution in [1.29, 1.82) is 0 Å². The summed E-state index contributed by atoms with van der Waals surface area (Å²) in [6.45, 7) is 0.967. The van der Waals surface area contributed by atoms with E-state index in [0.29, 0.717) is 37.7 Å². The SMILES string of the molecule is O=C1CCC(N2C(=O)c3cc(F)c(N4CCC(c5nccnc5Nc5ncccn5)CC4)cc3C2=O)C(=O)N1. The molecule has 12 nitrogen and oxygen atoms in total. The molecule has 1 aromatic carbocycles. The summed E-state index contributed by atoms with van der Waals surface area (Å²) in [6.07, 6.45) is 7.79. The third kappa shape index (κ3) is 4.45. The van der Waals surface area contributed by atoms with E-state index in [9.17, 15) is 19.2 Å². The number of anilines is 3. The average Bonchev–Trinajstić information content (AvgIpc) is 3.18. The number of fused-ring (bicyclic) bond motifs is 1. The standard InChI is InChI=1S/C26H23FN8O4/c27-17-12-15-16(25(39)35(24(15)38)18-2-3-20(36)32-23(18)37)13-19(17)34-10-4-14(5-11-34)21-22(29-9-8-28-21)33-26-30-6-1-7-31-26/h1,6-9,12-14,18H,2-5,10-11H2,(H,32,36,37)(H,29,30,31,33). The molecule has 4 amide bonds. The van der Waals surface area contributed by atoms with Gasteiger partial charge in [0.15, 0.2) is 5.82 Å². The predicted molar refractivity (Wildman–Crippen MR) is 135 cm³/mol. The summed E-state index contributed by atoms with van der Waals surface area (Å²) in [6, 6.07) is 3.06. The quantitative estimate of drug-likeness (QED) is 0.469. The van der Waals surface area contributed by atoms with Gasteiger partial charge in [0, 0.05) is 50.2 Å². The van der Waals surface area contributed by atoms with Crippen LogP contribution >= 0.6 is 0 Å². The van der Waals surface area contributed by atoms with Gasteiger partial charge in [-0.05, 0) is 37.5 Å². The molecule has 1 unspecified atom stereocenters. The first-order valence-electron chi connectivity index (χ1n) is 12.6. The van der Waals surface area contributed by atoms with Crippen LogP contribution in [0.2, 0.25) is 0 Å². The first-order valence-corrected chi connectivity index (χ1v) is 12.6. The number of imide groups is 2. The Hall–Kier alpha value is -4.81. The highest BCUT2D eigenvalue weighted by Gasteiger charge is 2.45. The molecule has 6 rings (SSSR count). The number of halogens is 1. The van der Waals surface area contributed by atoms with Crippen molar-refractivity contribution in [1.82, 2.24) is 30.2 Å². The number of hydrogen-bond donors (Lipinski definition) is 2. The van der Waals surface area contributed by atoms with Crippen molar-refractivity contribution in [2.45, 2.75) is 37.6 Å². The molecule has 0 spiro atoms. The summed E-state index contributed by atoms with van der Waals surface area (Å²) >= 11 is 0. The van der Waals surface area contributed by atoms with E-state index < -0.39 is 35.5 Å². The second-order valence-corrected chi connectivity index (χ2v) is 9.55. The minimum atomic E-state index is -1.10. The lowest BCUT2D eigenvalue weighted by molar-refractivity contribution is -0.136. The minimum absolute atomic E-state index is 0.0137. The molecule has 0 aliphatic carbocycles. The van der Waals surface area contributed by atoms with Crippen molar-refractivity contribution in [3.8, 4) is 0 Å². The lowest BCUT2D eigenvalue weighted by atomic mass is 9.92. The van der Waals surface area contributed by atoms with Crippen LogP contribution in [0.3, 0.4) is 0 Å². The molecular weight excluding hydrogens is 507 g/mol. The van der Waals surface area contributed by atoms with Crippen LogP contribution in [0.1, 0.15) is 58.0 Å². The van der Waals surface area contributed by atoms with Crippen LogP contribution in [0.25, 0.3) is 0 Å². The molecule has 3 aliphatic rings. The average molecular weight is 531 g/mol. The molecule has 3 aromatic rings. The van der Waals surface area contributed by atoms with E-state index in [1.54, 1.807) is 30.9 Å². The molecule has 0 radical (unpaired) electrons. The second-order valence-electron chi connectivity index (χ2n) is 9.55. The zero-order valence-corrected chi connectivity index (χ0v) is 20.6. The van der Waals surface area contributed by atoms with Crippen molar-refractivity contribution in [2.24, 2.45) is 0 Å². The van der Waals surface area contributed by atoms with Crippen LogP contribution in [-0.2, 0) is 9.59 Å². The van der Waals surface area contributed by atoms with Gasteiger partial charge < -0.3 is 10.2 Å². The molecule has 0 bridgehead atoms. The topological polar surface area (TPSA) is 150 Å². The smallest absolute Gasteiger partial charge is 0.262 e. The summed E-state index contributed by atoms with van der Waals surface area (Å²) in [5.74, 6) is -2.18. The van der Waals surface area contributed by atoms with E-state index in [4.69, 9.17) is 0 Å². The molecular formula is C26H23FN8O4. The fourth-order valence-electron chi connectivity index (χ4n) is 5.33. The Labute approximate surface area is 221 Å². The van der Waals surface area contributed by atoms with Gasteiger partial charge in [-0.25, -0.2) is 19.3 Å². The monoisotopic (exact) mass is 530 g/mol. The van der Waals surface area contributed by atoms with Crippen LogP contribution in [0.5, 0.6) is 0 Å². The Morgan fingerprint density at radius 2 is 1.56 bits per heavy atom. The summed E-state index contributed by atoms with van der Waals surface area (Å²) in [5, 5.41) is 5.26. The highest BCUT2D eigenvalue weighted by Crippen LogP contribution is 2.36. The van der Waals surface area contributed by atoms with Crippen molar-refractivity contribution in [3.05, 3.63) is 65.6 Å². The van der Waals surface area contributed by atoms with Gasteiger partial charge in [0.2, 0.25) is 17.8 Å². The summed E-state index contributed by atoms with van der Waals surface area (Å²) in [7, 11) is 0. The van der Waals surface area contributed by atoms with Crippen LogP contribution in [0.15, 0.2) is 43.0 Å². The Morgan fingerprint density at radius 3 is 2.28 bits per heavy atom. The Kier molecular flexibility index (Phi) is 6.17.